The fourth-order valence-corrected chi connectivity index (χ4v) is 2.27. The van der Waals surface area contributed by atoms with Gasteiger partial charge in [-0.05, 0) is 12.1 Å². The molecule has 1 aromatic carbocycles. The fourth-order valence-electron chi connectivity index (χ4n) is 1.38. The normalized spacial score (nSPS) is 16.0. The highest BCUT2D eigenvalue weighted by Gasteiger charge is 2.14. The zero-order valence-electron chi connectivity index (χ0n) is 8.89. The fraction of sp³-hybridized carbons (Fsp3) is 0.364. The molecule has 0 atom stereocenters. The van der Waals surface area contributed by atoms with Crippen molar-refractivity contribution in [3.63, 3.8) is 0 Å². The molecule has 1 N–H and O–H groups in total. The third-order valence-corrected chi connectivity index (χ3v) is 3.11. The Balaban J connectivity index is 1.71. The number of nitrogens with zero attached hydrogens (tertiary/aromatic N) is 1. The van der Waals surface area contributed by atoms with Crippen LogP contribution < -0.4 is 10.2 Å². The van der Waals surface area contributed by atoms with Crippen molar-refractivity contribution in [1.29, 1.82) is 0 Å². The van der Waals surface area contributed by atoms with Crippen molar-refractivity contribution in [1.82, 2.24) is 10.4 Å². The molecule has 2 rings (SSSR count). The molecule has 1 aliphatic rings. The minimum absolute atomic E-state index is 0.0607. The highest BCUT2D eigenvalue weighted by atomic mass is 32.2. The molecule has 1 aliphatic heterocycles. The van der Waals surface area contributed by atoms with Gasteiger partial charge in [-0.15, -0.1) is 11.8 Å². The van der Waals surface area contributed by atoms with Crippen molar-refractivity contribution in [3.05, 3.63) is 30.3 Å². The lowest BCUT2D eigenvalue weighted by molar-refractivity contribution is -0.127. The van der Waals surface area contributed by atoms with Gasteiger partial charge >= 0.3 is 0 Å². The van der Waals surface area contributed by atoms with Crippen molar-refractivity contribution in [2.45, 2.75) is 0 Å². The van der Waals surface area contributed by atoms with Gasteiger partial charge in [-0.25, -0.2) is 5.01 Å². The van der Waals surface area contributed by atoms with Crippen molar-refractivity contribution < 1.29 is 9.53 Å². The Morgan fingerprint density at radius 2 is 2.25 bits per heavy atom. The monoisotopic (exact) mass is 238 g/mol. The van der Waals surface area contributed by atoms with Gasteiger partial charge in [0.05, 0.1) is 5.88 Å². The Bertz CT molecular complexity index is 339. The molecule has 1 aromatic rings. The number of hydrogen-bond acceptors (Lipinski definition) is 4. The first-order valence-corrected chi connectivity index (χ1v) is 6.30. The summed E-state index contributed by atoms with van der Waals surface area (Å²) < 4.78 is 5.33. The minimum Gasteiger partial charge on any atom is -0.484 e. The molecule has 0 aliphatic carbocycles. The highest BCUT2D eigenvalue weighted by molar-refractivity contribution is 7.99. The van der Waals surface area contributed by atoms with Gasteiger partial charge in [0.2, 0.25) is 0 Å². The maximum atomic E-state index is 11.5. The van der Waals surface area contributed by atoms with Gasteiger partial charge in [0.25, 0.3) is 5.91 Å². The topological polar surface area (TPSA) is 41.6 Å². The van der Waals surface area contributed by atoms with Crippen LogP contribution in [-0.4, -0.2) is 35.7 Å². The lowest BCUT2D eigenvalue weighted by Gasteiger charge is -2.15. The number of carbonyl (C=O) groups excluding carboxylic acids is 1. The first kappa shape index (κ1) is 11.3. The van der Waals surface area contributed by atoms with Crippen LogP contribution in [0.5, 0.6) is 5.75 Å². The molecule has 16 heavy (non-hydrogen) atoms. The maximum Gasteiger partial charge on any atom is 0.272 e. The van der Waals surface area contributed by atoms with Crippen molar-refractivity contribution in [3.8, 4) is 5.75 Å². The molecule has 0 unspecified atom stereocenters. The summed E-state index contributed by atoms with van der Waals surface area (Å²) in [7, 11) is 0. The van der Waals surface area contributed by atoms with E-state index in [1.165, 1.54) is 0 Å². The molecule has 86 valence electrons. The van der Waals surface area contributed by atoms with Crippen molar-refractivity contribution in [2.75, 3.05) is 24.8 Å². The van der Waals surface area contributed by atoms with Crippen LogP contribution in [0.1, 0.15) is 0 Å². The smallest absolute Gasteiger partial charge is 0.272 e. The van der Waals surface area contributed by atoms with E-state index in [4.69, 9.17) is 4.74 Å². The molecule has 0 spiro atoms. The summed E-state index contributed by atoms with van der Waals surface area (Å²) in [6, 6.07) is 9.33. The maximum absolute atomic E-state index is 11.5. The van der Waals surface area contributed by atoms with E-state index < -0.39 is 0 Å². The average molecular weight is 238 g/mol. The predicted octanol–water partition coefficient (Wildman–Crippen LogP) is 1.10. The summed E-state index contributed by atoms with van der Waals surface area (Å²) in [5.74, 6) is 2.54. The molecular weight excluding hydrogens is 224 g/mol. The Labute approximate surface area is 98.9 Å². The summed E-state index contributed by atoms with van der Waals surface area (Å²) >= 11 is 1.81. The Kier molecular flexibility index (Phi) is 4.07. The zero-order valence-corrected chi connectivity index (χ0v) is 9.70. The largest absolute Gasteiger partial charge is 0.484 e. The molecule has 1 heterocycles. The number of amides is 1. The van der Waals surface area contributed by atoms with Crippen LogP contribution in [-0.2, 0) is 4.79 Å². The molecule has 1 amide bonds. The Morgan fingerprint density at radius 3 is 2.94 bits per heavy atom. The molecule has 0 aromatic heterocycles. The number of para-hydroxylation sites is 1. The van der Waals surface area contributed by atoms with Gasteiger partial charge in [0.1, 0.15) is 5.75 Å². The van der Waals surface area contributed by atoms with Crippen LogP contribution in [0.15, 0.2) is 30.3 Å². The average Bonchev–Trinajstić information content (AvgIpc) is 2.81. The zero-order chi connectivity index (χ0) is 11.2. The van der Waals surface area contributed by atoms with Gasteiger partial charge < -0.3 is 4.74 Å². The van der Waals surface area contributed by atoms with Gasteiger partial charge in [-0.3, -0.25) is 10.2 Å². The number of hydrazine groups is 1. The lowest BCUT2D eigenvalue weighted by atomic mass is 10.3. The second-order valence-corrected chi connectivity index (χ2v) is 4.51. The Hall–Kier alpha value is -1.20. The van der Waals surface area contributed by atoms with E-state index in [0.29, 0.717) is 5.75 Å². The van der Waals surface area contributed by atoms with E-state index in [-0.39, 0.29) is 12.5 Å². The Morgan fingerprint density at radius 1 is 1.44 bits per heavy atom. The van der Waals surface area contributed by atoms with Crippen LogP contribution in [0.25, 0.3) is 0 Å². The molecule has 0 saturated carbocycles. The standard InChI is InChI=1S/C11H14N2O2S/c14-11(12-13-6-7-16-9-13)8-15-10-4-2-1-3-5-10/h1-5H,6-9H2,(H,12,14). The number of hydrogen-bond donors (Lipinski definition) is 1. The summed E-state index contributed by atoms with van der Waals surface area (Å²) in [5.41, 5.74) is 2.80. The van der Waals surface area contributed by atoms with Crippen molar-refractivity contribution >= 4 is 17.7 Å². The van der Waals surface area contributed by atoms with Crippen LogP contribution in [0.4, 0.5) is 0 Å². The van der Waals surface area contributed by atoms with E-state index in [9.17, 15) is 4.79 Å². The minimum atomic E-state index is -0.105. The number of ether oxygens (including phenoxy) is 1. The van der Waals surface area contributed by atoms with Crippen LogP contribution in [0.3, 0.4) is 0 Å². The third-order valence-electron chi connectivity index (χ3n) is 2.15. The second kappa shape index (κ2) is 5.77. The van der Waals surface area contributed by atoms with Crippen LogP contribution >= 0.6 is 11.8 Å². The number of benzene rings is 1. The van der Waals surface area contributed by atoms with E-state index >= 15 is 0 Å². The third kappa shape index (κ3) is 3.43. The molecular formula is C11H14N2O2S. The SMILES string of the molecule is O=C(COc1ccccc1)NN1CCSC1. The number of rotatable bonds is 4. The van der Waals surface area contributed by atoms with E-state index in [0.717, 1.165) is 18.2 Å². The summed E-state index contributed by atoms with van der Waals surface area (Å²) in [6.07, 6.45) is 0. The highest BCUT2D eigenvalue weighted by Crippen LogP contribution is 2.10. The number of nitrogens with one attached hydrogen (secondary N) is 1. The molecule has 4 nitrogen and oxygen atoms in total. The van der Waals surface area contributed by atoms with Crippen molar-refractivity contribution in [2.24, 2.45) is 0 Å². The number of carbonyl (C=O) groups is 1. The first-order chi connectivity index (χ1) is 7.84. The molecule has 1 fully saturated rings. The van der Waals surface area contributed by atoms with Gasteiger partial charge in [-0.1, -0.05) is 18.2 Å². The molecule has 5 heteroatoms. The van der Waals surface area contributed by atoms with Gasteiger partial charge in [0, 0.05) is 12.3 Å². The quantitative estimate of drug-likeness (QED) is 0.853. The summed E-state index contributed by atoms with van der Waals surface area (Å²) in [5, 5.41) is 1.90. The molecule has 0 radical (unpaired) electrons. The van der Waals surface area contributed by atoms with Gasteiger partial charge in [0.15, 0.2) is 6.61 Å². The van der Waals surface area contributed by atoms with E-state index in [1.807, 2.05) is 47.1 Å². The van der Waals surface area contributed by atoms with Crippen LogP contribution in [0.2, 0.25) is 0 Å². The van der Waals surface area contributed by atoms with Gasteiger partial charge in [-0.2, -0.15) is 0 Å². The lowest BCUT2D eigenvalue weighted by Crippen LogP contribution is -2.42. The van der Waals surface area contributed by atoms with E-state index in [1.54, 1.807) is 0 Å². The van der Waals surface area contributed by atoms with Crippen LogP contribution in [0, 0.1) is 0 Å². The first-order valence-electron chi connectivity index (χ1n) is 5.14. The number of thioether (sulfide) groups is 1. The molecule has 1 saturated heterocycles. The summed E-state index contributed by atoms with van der Waals surface area (Å²) in [4.78, 5) is 11.5. The molecule has 0 bridgehead atoms. The second-order valence-electron chi connectivity index (χ2n) is 3.44. The summed E-state index contributed by atoms with van der Waals surface area (Å²) in [6.45, 7) is 0.965. The predicted molar refractivity (Wildman–Crippen MR) is 64.1 cm³/mol. The van der Waals surface area contributed by atoms with E-state index in [2.05, 4.69) is 5.43 Å².